The Balaban J connectivity index is 2.07. The van der Waals surface area contributed by atoms with E-state index >= 15 is 0 Å². The van der Waals surface area contributed by atoms with Gasteiger partial charge in [0.15, 0.2) is 5.78 Å². The number of carbonyl (C=O) groups excluding carboxylic acids is 1. The SMILES string of the molecule is O=C(c1cc(Br)cc(Br)c1)c1cccc2c1OCC2. The lowest BCUT2D eigenvalue weighted by atomic mass is 10.00. The van der Waals surface area contributed by atoms with Crippen molar-refractivity contribution >= 4 is 37.6 Å². The Bertz CT molecular complexity index is 645. The van der Waals surface area contributed by atoms with Gasteiger partial charge in [0.2, 0.25) is 0 Å². The summed E-state index contributed by atoms with van der Waals surface area (Å²) in [7, 11) is 0. The number of fused-ring (bicyclic) bond motifs is 1. The molecule has 0 N–H and O–H groups in total. The smallest absolute Gasteiger partial charge is 0.196 e. The first-order valence-electron chi connectivity index (χ1n) is 5.90. The highest BCUT2D eigenvalue weighted by atomic mass is 79.9. The summed E-state index contributed by atoms with van der Waals surface area (Å²) in [6.45, 7) is 0.655. The van der Waals surface area contributed by atoms with Crippen LogP contribution >= 0.6 is 31.9 Å². The Morgan fingerprint density at radius 1 is 1.11 bits per heavy atom. The van der Waals surface area contributed by atoms with Gasteiger partial charge in [-0.1, -0.05) is 44.0 Å². The molecule has 2 aromatic carbocycles. The summed E-state index contributed by atoms with van der Waals surface area (Å²) in [4.78, 5) is 12.6. The third-order valence-electron chi connectivity index (χ3n) is 3.08. The Morgan fingerprint density at radius 3 is 2.58 bits per heavy atom. The summed E-state index contributed by atoms with van der Waals surface area (Å²) in [6, 6.07) is 11.3. The molecule has 0 spiro atoms. The number of rotatable bonds is 2. The van der Waals surface area contributed by atoms with Crippen LogP contribution in [0.5, 0.6) is 5.75 Å². The van der Waals surface area contributed by atoms with Crippen molar-refractivity contribution < 1.29 is 9.53 Å². The maximum absolute atomic E-state index is 12.6. The molecule has 19 heavy (non-hydrogen) atoms. The van der Waals surface area contributed by atoms with E-state index in [1.165, 1.54) is 0 Å². The Kier molecular flexibility index (Phi) is 3.46. The molecule has 2 nitrogen and oxygen atoms in total. The second-order valence-electron chi connectivity index (χ2n) is 4.38. The zero-order chi connectivity index (χ0) is 13.4. The van der Waals surface area contributed by atoms with Gasteiger partial charge in [-0.2, -0.15) is 0 Å². The Labute approximate surface area is 128 Å². The molecule has 0 saturated carbocycles. The van der Waals surface area contributed by atoms with Crippen LogP contribution in [0.25, 0.3) is 0 Å². The maximum Gasteiger partial charge on any atom is 0.196 e. The lowest BCUT2D eigenvalue weighted by molar-refractivity contribution is 0.103. The fourth-order valence-electron chi connectivity index (χ4n) is 2.23. The molecule has 0 atom stereocenters. The summed E-state index contributed by atoms with van der Waals surface area (Å²) in [5.41, 5.74) is 2.39. The average Bonchev–Trinajstić information content (AvgIpc) is 2.84. The van der Waals surface area contributed by atoms with E-state index in [2.05, 4.69) is 31.9 Å². The van der Waals surface area contributed by atoms with E-state index in [0.717, 1.165) is 26.7 Å². The van der Waals surface area contributed by atoms with E-state index in [0.29, 0.717) is 17.7 Å². The quantitative estimate of drug-likeness (QED) is 0.721. The van der Waals surface area contributed by atoms with E-state index in [1.807, 2.05) is 36.4 Å². The van der Waals surface area contributed by atoms with Gasteiger partial charge in [0.1, 0.15) is 5.75 Å². The fraction of sp³-hybridized carbons (Fsp3) is 0.133. The van der Waals surface area contributed by atoms with Crippen LogP contribution in [-0.4, -0.2) is 12.4 Å². The molecule has 0 aliphatic carbocycles. The van der Waals surface area contributed by atoms with Crippen molar-refractivity contribution in [2.24, 2.45) is 0 Å². The van der Waals surface area contributed by atoms with Crippen molar-refractivity contribution in [3.8, 4) is 5.75 Å². The summed E-state index contributed by atoms with van der Waals surface area (Å²) in [5.74, 6) is 0.726. The van der Waals surface area contributed by atoms with Crippen LogP contribution in [-0.2, 0) is 6.42 Å². The first kappa shape index (κ1) is 12.9. The molecule has 4 heteroatoms. The van der Waals surface area contributed by atoms with Crippen LogP contribution in [0.3, 0.4) is 0 Å². The minimum absolute atomic E-state index is 0.0132. The molecule has 0 amide bonds. The number of para-hydroxylation sites is 1. The largest absolute Gasteiger partial charge is 0.492 e. The molecule has 0 saturated heterocycles. The number of ketones is 1. The molecule has 1 aliphatic rings. The van der Waals surface area contributed by atoms with Crippen LogP contribution in [0, 0.1) is 0 Å². The molecule has 96 valence electrons. The van der Waals surface area contributed by atoms with E-state index in [9.17, 15) is 4.79 Å². The van der Waals surface area contributed by atoms with E-state index in [1.54, 1.807) is 0 Å². The molecular formula is C15H10Br2O2. The van der Waals surface area contributed by atoms with Gasteiger partial charge in [-0.3, -0.25) is 4.79 Å². The van der Waals surface area contributed by atoms with Crippen LogP contribution in [0.2, 0.25) is 0 Å². The highest BCUT2D eigenvalue weighted by molar-refractivity contribution is 9.11. The summed E-state index contributed by atoms with van der Waals surface area (Å²) < 4.78 is 7.34. The third-order valence-corrected chi connectivity index (χ3v) is 4.00. The predicted octanol–water partition coefficient (Wildman–Crippen LogP) is 4.38. The van der Waals surface area contributed by atoms with E-state index < -0.39 is 0 Å². The molecule has 0 aromatic heterocycles. The summed E-state index contributed by atoms with van der Waals surface area (Å²) in [5, 5.41) is 0. The maximum atomic E-state index is 12.6. The highest BCUT2D eigenvalue weighted by Crippen LogP contribution is 2.32. The number of ether oxygens (including phenoxy) is 1. The zero-order valence-corrected chi connectivity index (χ0v) is 13.1. The molecule has 0 bridgehead atoms. The van der Waals surface area contributed by atoms with Crippen molar-refractivity contribution in [2.45, 2.75) is 6.42 Å². The van der Waals surface area contributed by atoms with Crippen molar-refractivity contribution in [1.82, 2.24) is 0 Å². The first-order valence-corrected chi connectivity index (χ1v) is 7.49. The molecule has 0 unspecified atom stereocenters. The topological polar surface area (TPSA) is 26.3 Å². The van der Waals surface area contributed by atoms with Crippen molar-refractivity contribution in [3.05, 3.63) is 62.0 Å². The van der Waals surface area contributed by atoms with Crippen LogP contribution in [0.1, 0.15) is 21.5 Å². The molecular weight excluding hydrogens is 372 g/mol. The van der Waals surface area contributed by atoms with Gasteiger partial charge in [-0.05, 0) is 29.8 Å². The fourth-order valence-corrected chi connectivity index (χ4v) is 3.53. The number of halogens is 2. The van der Waals surface area contributed by atoms with Gasteiger partial charge in [0.05, 0.1) is 12.2 Å². The van der Waals surface area contributed by atoms with Crippen molar-refractivity contribution in [1.29, 1.82) is 0 Å². The molecule has 1 aliphatic heterocycles. The van der Waals surface area contributed by atoms with Gasteiger partial charge in [0, 0.05) is 20.9 Å². The van der Waals surface area contributed by atoms with Crippen LogP contribution in [0.15, 0.2) is 45.3 Å². The lowest BCUT2D eigenvalue weighted by Crippen LogP contribution is -2.03. The Hall–Kier alpha value is -1.13. The minimum Gasteiger partial charge on any atom is -0.492 e. The standard InChI is InChI=1S/C15H10Br2O2/c16-11-6-10(7-12(17)8-11)14(18)13-3-1-2-9-4-5-19-15(9)13/h1-3,6-8H,4-5H2. The monoisotopic (exact) mass is 380 g/mol. The van der Waals surface area contributed by atoms with Gasteiger partial charge in [-0.25, -0.2) is 0 Å². The number of benzene rings is 2. The number of carbonyl (C=O) groups is 1. The lowest BCUT2D eigenvalue weighted by Gasteiger charge is -2.08. The van der Waals surface area contributed by atoms with Crippen molar-refractivity contribution in [3.63, 3.8) is 0 Å². The van der Waals surface area contributed by atoms with Gasteiger partial charge in [0.25, 0.3) is 0 Å². The second-order valence-corrected chi connectivity index (χ2v) is 6.21. The van der Waals surface area contributed by atoms with E-state index in [4.69, 9.17) is 4.74 Å². The molecule has 1 heterocycles. The summed E-state index contributed by atoms with van der Waals surface area (Å²) in [6.07, 6.45) is 0.874. The first-order chi connectivity index (χ1) is 9.15. The van der Waals surface area contributed by atoms with Crippen molar-refractivity contribution in [2.75, 3.05) is 6.61 Å². The molecule has 3 rings (SSSR count). The number of hydrogen-bond acceptors (Lipinski definition) is 2. The van der Waals surface area contributed by atoms with Gasteiger partial charge >= 0.3 is 0 Å². The molecule has 0 radical (unpaired) electrons. The van der Waals surface area contributed by atoms with Crippen LogP contribution < -0.4 is 4.74 Å². The summed E-state index contributed by atoms with van der Waals surface area (Å²) >= 11 is 6.81. The highest BCUT2D eigenvalue weighted by Gasteiger charge is 2.21. The Morgan fingerprint density at radius 2 is 1.84 bits per heavy atom. The van der Waals surface area contributed by atoms with Gasteiger partial charge < -0.3 is 4.74 Å². The predicted molar refractivity (Wildman–Crippen MR) is 80.9 cm³/mol. The average molecular weight is 382 g/mol. The molecule has 0 fully saturated rings. The third kappa shape index (κ3) is 2.47. The zero-order valence-electron chi connectivity index (χ0n) is 9.95. The number of hydrogen-bond donors (Lipinski definition) is 0. The molecule has 2 aromatic rings. The van der Waals surface area contributed by atoms with E-state index in [-0.39, 0.29) is 5.78 Å². The van der Waals surface area contributed by atoms with Gasteiger partial charge in [-0.15, -0.1) is 0 Å². The van der Waals surface area contributed by atoms with Crippen LogP contribution in [0.4, 0.5) is 0 Å². The second kappa shape index (κ2) is 5.10. The normalized spacial score (nSPS) is 12.9. The minimum atomic E-state index is -0.0132.